The Kier molecular flexibility index (Phi) is 4.35. The summed E-state index contributed by atoms with van der Waals surface area (Å²) in [4.78, 5) is 15.4. The summed E-state index contributed by atoms with van der Waals surface area (Å²) in [6.07, 6.45) is 5.72. The molecule has 1 N–H and O–H groups in total. The second-order valence-corrected chi connectivity index (χ2v) is 6.87. The van der Waals surface area contributed by atoms with Crippen LogP contribution in [0.25, 0.3) is 0 Å². The number of rotatable bonds is 3. The van der Waals surface area contributed by atoms with E-state index in [-0.39, 0.29) is 12.1 Å². The highest BCUT2D eigenvalue weighted by Crippen LogP contribution is 2.38. The molecular formula is C21H24N2O2. The Labute approximate surface area is 148 Å². The van der Waals surface area contributed by atoms with E-state index in [1.54, 1.807) is 7.11 Å². The summed E-state index contributed by atoms with van der Waals surface area (Å²) in [5.41, 5.74) is 2.78. The molecule has 25 heavy (non-hydrogen) atoms. The van der Waals surface area contributed by atoms with E-state index in [4.69, 9.17) is 4.74 Å². The number of hydrogen-bond donors (Lipinski definition) is 1. The molecule has 0 bridgehead atoms. The maximum atomic E-state index is 13.3. The topological polar surface area (TPSA) is 41.6 Å². The SMILES string of the molecule is COc1ccc([C@@H]2Nc3ccccc3C(=O)N2C2CCCCC2)cc1. The molecule has 2 aromatic rings. The summed E-state index contributed by atoms with van der Waals surface area (Å²) in [7, 11) is 1.67. The minimum absolute atomic E-state index is 0.128. The van der Waals surface area contributed by atoms with Gasteiger partial charge < -0.3 is 15.0 Å². The molecular weight excluding hydrogens is 312 g/mol. The first-order valence-corrected chi connectivity index (χ1v) is 9.10. The van der Waals surface area contributed by atoms with Crippen molar-refractivity contribution in [2.24, 2.45) is 0 Å². The van der Waals surface area contributed by atoms with Crippen molar-refractivity contribution in [1.82, 2.24) is 4.90 Å². The standard InChI is InChI=1S/C21H24N2O2/c1-25-17-13-11-15(12-14-17)20-22-19-10-6-5-9-18(19)21(24)23(20)16-7-3-2-4-8-16/h5-6,9-14,16,20,22H,2-4,7-8H2,1H3/t20-/m1/s1. The van der Waals surface area contributed by atoms with Gasteiger partial charge in [0.1, 0.15) is 11.9 Å². The number of methoxy groups -OCH3 is 1. The van der Waals surface area contributed by atoms with Crippen LogP contribution in [0.3, 0.4) is 0 Å². The molecule has 0 unspecified atom stereocenters. The van der Waals surface area contributed by atoms with Gasteiger partial charge in [0.2, 0.25) is 0 Å². The average Bonchev–Trinajstić information content (AvgIpc) is 2.69. The number of hydrogen-bond acceptors (Lipinski definition) is 3. The Bertz CT molecular complexity index is 751. The smallest absolute Gasteiger partial charge is 0.258 e. The van der Waals surface area contributed by atoms with Crippen LogP contribution in [-0.2, 0) is 0 Å². The first-order valence-electron chi connectivity index (χ1n) is 9.10. The highest BCUT2D eigenvalue weighted by atomic mass is 16.5. The van der Waals surface area contributed by atoms with Gasteiger partial charge in [-0.3, -0.25) is 4.79 Å². The molecule has 4 heteroatoms. The molecule has 1 aliphatic carbocycles. The van der Waals surface area contributed by atoms with Crippen molar-refractivity contribution in [3.05, 3.63) is 59.7 Å². The lowest BCUT2D eigenvalue weighted by molar-refractivity contribution is 0.0524. The summed E-state index contributed by atoms with van der Waals surface area (Å²) in [6.45, 7) is 0. The molecule has 0 radical (unpaired) electrons. The number of nitrogens with zero attached hydrogens (tertiary/aromatic N) is 1. The summed E-state index contributed by atoms with van der Waals surface area (Å²) < 4.78 is 5.28. The van der Waals surface area contributed by atoms with Crippen LogP contribution in [0.15, 0.2) is 48.5 Å². The van der Waals surface area contributed by atoms with E-state index in [9.17, 15) is 4.79 Å². The van der Waals surface area contributed by atoms with Crippen LogP contribution in [0.1, 0.15) is 54.2 Å². The molecule has 0 aromatic heterocycles. The van der Waals surface area contributed by atoms with E-state index < -0.39 is 0 Å². The van der Waals surface area contributed by atoms with Gasteiger partial charge in [-0.2, -0.15) is 0 Å². The predicted molar refractivity (Wildman–Crippen MR) is 98.8 cm³/mol. The monoisotopic (exact) mass is 336 g/mol. The van der Waals surface area contributed by atoms with Crippen LogP contribution in [0.2, 0.25) is 0 Å². The van der Waals surface area contributed by atoms with Crippen molar-refractivity contribution in [2.45, 2.75) is 44.3 Å². The third-order valence-corrected chi connectivity index (χ3v) is 5.36. The molecule has 1 amide bonds. The maximum absolute atomic E-state index is 13.3. The molecule has 1 fully saturated rings. The fraction of sp³-hybridized carbons (Fsp3) is 0.381. The number of para-hydroxylation sites is 1. The predicted octanol–water partition coefficient (Wildman–Crippen LogP) is 4.59. The third kappa shape index (κ3) is 2.97. The van der Waals surface area contributed by atoms with Crippen molar-refractivity contribution < 1.29 is 9.53 Å². The number of carbonyl (C=O) groups excluding carboxylic acids is 1. The first kappa shape index (κ1) is 16.0. The highest BCUT2D eigenvalue weighted by molar-refractivity contribution is 6.01. The number of anilines is 1. The molecule has 4 rings (SSSR count). The van der Waals surface area contributed by atoms with Gasteiger partial charge in [0.15, 0.2) is 0 Å². The average molecular weight is 336 g/mol. The third-order valence-electron chi connectivity index (χ3n) is 5.36. The minimum Gasteiger partial charge on any atom is -0.497 e. The van der Waals surface area contributed by atoms with Gasteiger partial charge in [-0.15, -0.1) is 0 Å². The summed E-state index contributed by atoms with van der Waals surface area (Å²) in [5, 5.41) is 3.59. The van der Waals surface area contributed by atoms with Crippen LogP contribution in [-0.4, -0.2) is 24.0 Å². The lowest BCUT2D eigenvalue weighted by Crippen LogP contribution is -2.49. The molecule has 2 aromatic carbocycles. The second-order valence-electron chi connectivity index (χ2n) is 6.87. The van der Waals surface area contributed by atoms with Gasteiger partial charge in [0.25, 0.3) is 5.91 Å². The Morgan fingerprint density at radius 1 is 1.00 bits per heavy atom. The first-order chi connectivity index (χ1) is 12.3. The zero-order valence-corrected chi connectivity index (χ0v) is 14.6. The number of fused-ring (bicyclic) bond motifs is 1. The largest absolute Gasteiger partial charge is 0.497 e. The van der Waals surface area contributed by atoms with Crippen molar-refractivity contribution in [1.29, 1.82) is 0 Å². The Hall–Kier alpha value is -2.49. The molecule has 130 valence electrons. The Morgan fingerprint density at radius 2 is 1.72 bits per heavy atom. The van der Waals surface area contributed by atoms with E-state index in [1.807, 2.05) is 48.5 Å². The fourth-order valence-corrected chi connectivity index (χ4v) is 4.03. The van der Waals surface area contributed by atoms with E-state index >= 15 is 0 Å². The number of nitrogens with one attached hydrogen (secondary N) is 1. The lowest BCUT2D eigenvalue weighted by atomic mass is 9.91. The molecule has 1 aliphatic heterocycles. The van der Waals surface area contributed by atoms with Crippen LogP contribution < -0.4 is 10.1 Å². The van der Waals surface area contributed by atoms with Crippen LogP contribution >= 0.6 is 0 Å². The molecule has 0 spiro atoms. The van der Waals surface area contributed by atoms with Crippen LogP contribution in [0, 0.1) is 0 Å². The van der Waals surface area contributed by atoms with E-state index in [2.05, 4.69) is 10.2 Å². The molecule has 1 saturated carbocycles. The van der Waals surface area contributed by atoms with E-state index in [0.29, 0.717) is 6.04 Å². The quantitative estimate of drug-likeness (QED) is 0.891. The number of amides is 1. The molecule has 2 aliphatic rings. The van der Waals surface area contributed by atoms with E-state index in [0.717, 1.165) is 35.4 Å². The van der Waals surface area contributed by atoms with Gasteiger partial charge in [0.05, 0.1) is 12.7 Å². The van der Waals surface area contributed by atoms with Gasteiger partial charge in [0, 0.05) is 11.7 Å². The lowest BCUT2D eigenvalue weighted by Gasteiger charge is -2.44. The zero-order valence-electron chi connectivity index (χ0n) is 14.6. The Balaban J connectivity index is 1.74. The van der Waals surface area contributed by atoms with Gasteiger partial charge >= 0.3 is 0 Å². The molecule has 1 atom stereocenters. The van der Waals surface area contributed by atoms with Gasteiger partial charge in [-0.1, -0.05) is 43.5 Å². The summed E-state index contributed by atoms with van der Waals surface area (Å²) >= 11 is 0. The normalized spacial score (nSPS) is 20.8. The van der Waals surface area contributed by atoms with Gasteiger partial charge in [-0.25, -0.2) is 0 Å². The zero-order chi connectivity index (χ0) is 17.2. The maximum Gasteiger partial charge on any atom is 0.258 e. The van der Waals surface area contributed by atoms with Crippen molar-refractivity contribution in [3.8, 4) is 5.75 Å². The van der Waals surface area contributed by atoms with Crippen LogP contribution in [0.5, 0.6) is 5.75 Å². The fourth-order valence-electron chi connectivity index (χ4n) is 4.03. The summed E-state index contributed by atoms with van der Waals surface area (Å²) in [5.74, 6) is 0.970. The summed E-state index contributed by atoms with van der Waals surface area (Å²) in [6, 6.07) is 16.1. The molecule has 1 heterocycles. The second kappa shape index (κ2) is 6.79. The Morgan fingerprint density at radius 3 is 2.44 bits per heavy atom. The van der Waals surface area contributed by atoms with E-state index in [1.165, 1.54) is 19.3 Å². The number of carbonyl (C=O) groups is 1. The minimum atomic E-state index is -0.128. The molecule has 0 saturated heterocycles. The number of ether oxygens (including phenoxy) is 1. The van der Waals surface area contributed by atoms with Gasteiger partial charge in [-0.05, 0) is 42.7 Å². The molecule has 4 nitrogen and oxygen atoms in total. The highest BCUT2D eigenvalue weighted by Gasteiger charge is 2.37. The number of benzene rings is 2. The van der Waals surface area contributed by atoms with Crippen molar-refractivity contribution >= 4 is 11.6 Å². The van der Waals surface area contributed by atoms with Crippen LogP contribution in [0.4, 0.5) is 5.69 Å². The van der Waals surface area contributed by atoms with Crippen molar-refractivity contribution in [2.75, 3.05) is 12.4 Å². The van der Waals surface area contributed by atoms with Crippen molar-refractivity contribution in [3.63, 3.8) is 0 Å².